The number of aromatic nitrogens is 2. The molecule has 0 aromatic carbocycles. The van der Waals surface area contributed by atoms with E-state index in [1.54, 1.807) is 17.3 Å². The van der Waals surface area contributed by atoms with E-state index in [0.29, 0.717) is 23.8 Å². The molecule has 5 fully saturated rings. The SMILES string of the molecule is N#C[C@@H]1CCCN1C(=O)CNC12CC3CC4(Nc5ncc(Br)cn5)CC(C1)C4(C3)C2. The highest BCUT2D eigenvalue weighted by atomic mass is 79.9. The van der Waals surface area contributed by atoms with Gasteiger partial charge in [-0.05, 0) is 84.5 Å². The first-order valence-corrected chi connectivity index (χ1v) is 12.0. The van der Waals surface area contributed by atoms with E-state index in [0.717, 1.165) is 42.6 Å². The van der Waals surface area contributed by atoms with Crippen molar-refractivity contribution in [2.24, 2.45) is 17.3 Å². The Hall–Kier alpha value is -1.72. The van der Waals surface area contributed by atoms with Crippen LogP contribution in [0.2, 0.25) is 0 Å². The summed E-state index contributed by atoms with van der Waals surface area (Å²) in [6.45, 7) is 1.09. The van der Waals surface area contributed by atoms with Crippen LogP contribution in [0.15, 0.2) is 16.9 Å². The van der Waals surface area contributed by atoms with E-state index < -0.39 is 0 Å². The number of nitriles is 1. The van der Waals surface area contributed by atoms with Crippen LogP contribution < -0.4 is 10.6 Å². The molecule has 4 saturated carbocycles. The number of carbonyl (C=O) groups is 1. The van der Waals surface area contributed by atoms with Crippen LogP contribution >= 0.6 is 15.9 Å². The first-order chi connectivity index (χ1) is 14.5. The zero-order valence-electron chi connectivity index (χ0n) is 17.0. The minimum Gasteiger partial charge on any atom is -0.348 e. The fraction of sp³-hybridized carbons (Fsp3) is 0.727. The van der Waals surface area contributed by atoms with Crippen molar-refractivity contribution in [3.8, 4) is 6.07 Å². The molecule has 0 radical (unpaired) electrons. The minimum absolute atomic E-state index is 0.0750. The second kappa shape index (κ2) is 6.39. The van der Waals surface area contributed by atoms with E-state index in [-0.39, 0.29) is 23.0 Å². The standard InChI is InChI=1S/C22H27BrN6O/c23-16-10-25-19(26-11-16)28-22-6-14-4-20(7-15(8-22)21(22,5-14)13-20)27-12-18(30)29-3-1-2-17(29)9-24/h10-11,14-15,17,27H,1-8,12-13H2,(H,25,26,28)/t14?,15?,17-,20?,21?,22?/m0/s1. The number of likely N-dealkylation sites (tertiary alicyclic amines) is 1. The summed E-state index contributed by atoms with van der Waals surface area (Å²) in [5, 5.41) is 16.8. The predicted octanol–water partition coefficient (Wildman–Crippen LogP) is 2.85. The molecule has 5 aliphatic rings. The van der Waals surface area contributed by atoms with Gasteiger partial charge in [-0.1, -0.05) is 0 Å². The average molecular weight is 471 g/mol. The lowest BCUT2D eigenvalue weighted by molar-refractivity contribution is -0.130. The number of anilines is 1. The van der Waals surface area contributed by atoms with Gasteiger partial charge in [-0.3, -0.25) is 4.79 Å². The maximum absolute atomic E-state index is 12.8. The molecule has 7 nitrogen and oxygen atoms in total. The number of nitrogens with one attached hydrogen (secondary N) is 2. The van der Waals surface area contributed by atoms with Crippen LogP contribution in [-0.2, 0) is 4.79 Å². The number of hydrogen-bond acceptors (Lipinski definition) is 6. The van der Waals surface area contributed by atoms with Crippen LogP contribution in [0.25, 0.3) is 0 Å². The van der Waals surface area contributed by atoms with Crippen LogP contribution in [0.3, 0.4) is 0 Å². The van der Waals surface area contributed by atoms with E-state index in [2.05, 4.69) is 42.6 Å². The second-order valence-electron chi connectivity index (χ2n) is 10.4. The van der Waals surface area contributed by atoms with E-state index in [4.69, 9.17) is 0 Å². The van der Waals surface area contributed by atoms with E-state index >= 15 is 0 Å². The number of nitrogens with zero attached hydrogens (tertiary/aromatic N) is 4. The van der Waals surface area contributed by atoms with Crippen LogP contribution in [0.4, 0.5) is 5.95 Å². The number of carbonyl (C=O) groups excluding carboxylic acids is 1. The molecule has 1 aliphatic heterocycles. The summed E-state index contributed by atoms with van der Waals surface area (Å²) in [7, 11) is 0. The molecule has 1 spiro atoms. The number of hydrogen-bond donors (Lipinski definition) is 2. The molecule has 3 bridgehead atoms. The van der Waals surface area contributed by atoms with Gasteiger partial charge in [0.15, 0.2) is 0 Å². The van der Waals surface area contributed by atoms with Crippen molar-refractivity contribution in [2.75, 3.05) is 18.4 Å². The Labute approximate surface area is 185 Å². The van der Waals surface area contributed by atoms with Crippen LogP contribution in [0.1, 0.15) is 51.4 Å². The van der Waals surface area contributed by atoms with Gasteiger partial charge in [0.25, 0.3) is 0 Å². The molecule has 8 heteroatoms. The third kappa shape index (κ3) is 2.54. The van der Waals surface area contributed by atoms with E-state index in [1.807, 2.05) is 0 Å². The molecule has 6 rings (SSSR count). The third-order valence-corrected chi connectivity index (χ3v) is 9.31. The lowest BCUT2D eigenvalue weighted by atomic mass is 9.51. The summed E-state index contributed by atoms with van der Waals surface area (Å²) in [6.07, 6.45) is 12.5. The van der Waals surface area contributed by atoms with Gasteiger partial charge in [-0.25, -0.2) is 9.97 Å². The molecule has 1 aromatic rings. The molecule has 1 aromatic heterocycles. The zero-order chi connectivity index (χ0) is 20.6. The average Bonchev–Trinajstić information content (AvgIpc) is 3.32. The Morgan fingerprint density at radius 3 is 2.90 bits per heavy atom. The number of rotatable bonds is 5. The minimum atomic E-state index is -0.236. The van der Waals surface area contributed by atoms with Crippen LogP contribution in [0, 0.1) is 28.6 Å². The summed E-state index contributed by atoms with van der Waals surface area (Å²) in [4.78, 5) is 23.5. The van der Waals surface area contributed by atoms with Crippen LogP contribution in [-0.4, -0.2) is 51.0 Å². The quantitative estimate of drug-likeness (QED) is 0.686. The summed E-state index contributed by atoms with van der Waals surface area (Å²) in [5.41, 5.74) is 0.498. The molecule has 1 saturated heterocycles. The largest absolute Gasteiger partial charge is 0.348 e. The second-order valence-corrected chi connectivity index (χ2v) is 11.3. The van der Waals surface area contributed by atoms with Gasteiger partial charge >= 0.3 is 0 Å². The van der Waals surface area contributed by atoms with Crippen molar-refractivity contribution >= 4 is 27.8 Å². The lowest BCUT2D eigenvalue weighted by Crippen LogP contribution is -2.62. The summed E-state index contributed by atoms with van der Waals surface area (Å²) in [6, 6.07) is 2.05. The maximum Gasteiger partial charge on any atom is 0.237 e. The Morgan fingerprint density at radius 2 is 2.10 bits per heavy atom. The predicted molar refractivity (Wildman–Crippen MR) is 114 cm³/mol. The summed E-state index contributed by atoms with van der Waals surface area (Å²) < 4.78 is 0.894. The van der Waals surface area contributed by atoms with Crippen molar-refractivity contribution < 1.29 is 4.79 Å². The molecule has 2 N–H and O–H groups in total. The highest BCUT2D eigenvalue weighted by Gasteiger charge is 2.77. The normalized spacial score (nSPS) is 42.7. The maximum atomic E-state index is 12.8. The van der Waals surface area contributed by atoms with Gasteiger partial charge in [-0.15, -0.1) is 0 Å². The van der Waals surface area contributed by atoms with E-state index in [9.17, 15) is 10.1 Å². The van der Waals surface area contributed by atoms with E-state index in [1.165, 1.54) is 25.7 Å². The number of halogens is 1. The molecule has 4 aliphatic carbocycles. The van der Waals surface area contributed by atoms with Gasteiger partial charge in [0.1, 0.15) is 6.04 Å². The number of amides is 1. The molecule has 1 amide bonds. The zero-order valence-corrected chi connectivity index (χ0v) is 18.6. The molecule has 6 atom stereocenters. The molecular weight excluding hydrogens is 444 g/mol. The van der Waals surface area contributed by atoms with Crippen molar-refractivity contribution in [1.29, 1.82) is 5.26 Å². The lowest BCUT2D eigenvalue weighted by Gasteiger charge is -2.59. The molecule has 30 heavy (non-hydrogen) atoms. The summed E-state index contributed by atoms with van der Waals surface area (Å²) in [5.74, 6) is 2.23. The highest BCUT2D eigenvalue weighted by molar-refractivity contribution is 9.10. The van der Waals surface area contributed by atoms with Gasteiger partial charge < -0.3 is 15.5 Å². The van der Waals surface area contributed by atoms with Crippen molar-refractivity contribution in [2.45, 2.75) is 68.5 Å². The Kier molecular flexibility index (Phi) is 4.05. The smallest absolute Gasteiger partial charge is 0.237 e. The molecule has 158 valence electrons. The van der Waals surface area contributed by atoms with Crippen molar-refractivity contribution in [3.05, 3.63) is 16.9 Å². The Bertz CT molecular complexity index is 929. The first-order valence-electron chi connectivity index (χ1n) is 11.2. The number of fused-ring (bicyclic) bond motifs is 2. The monoisotopic (exact) mass is 470 g/mol. The molecule has 2 heterocycles. The highest BCUT2D eigenvalue weighted by Crippen LogP contribution is 2.78. The Balaban J connectivity index is 1.18. The molecular formula is C22H27BrN6O. The van der Waals surface area contributed by atoms with Crippen LogP contribution in [0.5, 0.6) is 0 Å². The first kappa shape index (κ1) is 19.0. The molecule has 5 unspecified atom stereocenters. The van der Waals surface area contributed by atoms with Crippen molar-refractivity contribution in [3.63, 3.8) is 0 Å². The van der Waals surface area contributed by atoms with Gasteiger partial charge in [0.05, 0.1) is 17.1 Å². The Morgan fingerprint density at radius 1 is 1.27 bits per heavy atom. The van der Waals surface area contributed by atoms with Gasteiger partial charge in [0.2, 0.25) is 11.9 Å². The fourth-order valence-electron chi connectivity index (χ4n) is 8.05. The summed E-state index contributed by atoms with van der Waals surface area (Å²) >= 11 is 3.42. The topological polar surface area (TPSA) is 93.9 Å². The third-order valence-electron chi connectivity index (χ3n) is 8.90. The fourth-order valence-corrected chi connectivity index (χ4v) is 8.25. The van der Waals surface area contributed by atoms with Gasteiger partial charge in [-0.2, -0.15) is 5.26 Å². The van der Waals surface area contributed by atoms with Gasteiger partial charge in [0, 0.05) is 30.0 Å². The van der Waals surface area contributed by atoms with Crippen molar-refractivity contribution in [1.82, 2.24) is 20.2 Å².